The van der Waals surface area contributed by atoms with Gasteiger partial charge in [-0.2, -0.15) is 4.39 Å². The van der Waals surface area contributed by atoms with Gasteiger partial charge in [0, 0.05) is 23.7 Å². The number of ether oxygens (including phenoxy) is 3. The first-order valence-electron chi connectivity index (χ1n) is 13.3. The third-order valence-electron chi connectivity index (χ3n) is 7.65. The summed E-state index contributed by atoms with van der Waals surface area (Å²) < 4.78 is 75.8. The van der Waals surface area contributed by atoms with Gasteiger partial charge >= 0.3 is 0 Å². The maximum Gasteiger partial charge on any atom is 0.201 e. The Bertz CT molecular complexity index is 1060. The minimum absolute atomic E-state index is 0.159. The zero-order chi connectivity index (χ0) is 26.4. The Balaban J connectivity index is 1.30. The van der Waals surface area contributed by atoms with Crippen molar-refractivity contribution in [2.24, 2.45) is 11.8 Å². The van der Waals surface area contributed by atoms with E-state index in [0.717, 1.165) is 45.1 Å². The molecular formula is C30H36F4O3. The van der Waals surface area contributed by atoms with Crippen molar-refractivity contribution in [2.75, 3.05) is 19.8 Å². The van der Waals surface area contributed by atoms with E-state index >= 15 is 0 Å². The number of allylic oxidation sites excluding steroid dienone is 1. The smallest absolute Gasteiger partial charge is 0.201 e. The fraction of sp³-hybridized carbons (Fsp3) is 0.533. The van der Waals surface area contributed by atoms with E-state index in [9.17, 15) is 17.6 Å². The molecule has 2 aromatic carbocycles. The molecule has 7 heteroatoms. The van der Waals surface area contributed by atoms with Gasteiger partial charge in [-0.3, -0.25) is 0 Å². The van der Waals surface area contributed by atoms with Crippen LogP contribution >= 0.6 is 0 Å². The van der Waals surface area contributed by atoms with E-state index in [1.54, 1.807) is 6.92 Å². The highest BCUT2D eigenvalue weighted by molar-refractivity contribution is 5.66. The summed E-state index contributed by atoms with van der Waals surface area (Å²) in [6, 6.07) is 5.19. The molecule has 0 aliphatic carbocycles. The van der Waals surface area contributed by atoms with Crippen LogP contribution in [0.4, 0.5) is 17.6 Å². The maximum absolute atomic E-state index is 14.9. The molecule has 0 bridgehead atoms. The zero-order valence-corrected chi connectivity index (χ0v) is 21.4. The number of aryl methyl sites for hydroxylation is 1. The average molecular weight is 521 g/mol. The van der Waals surface area contributed by atoms with Crippen molar-refractivity contribution in [3.8, 4) is 16.9 Å². The van der Waals surface area contributed by atoms with Crippen LogP contribution in [0.2, 0.25) is 0 Å². The quantitative estimate of drug-likeness (QED) is 0.236. The van der Waals surface area contributed by atoms with E-state index in [-0.39, 0.29) is 41.1 Å². The Morgan fingerprint density at radius 2 is 1.62 bits per heavy atom. The van der Waals surface area contributed by atoms with Gasteiger partial charge in [0.25, 0.3) is 0 Å². The van der Waals surface area contributed by atoms with E-state index < -0.39 is 23.3 Å². The van der Waals surface area contributed by atoms with Gasteiger partial charge in [-0.05, 0) is 81.9 Å². The van der Waals surface area contributed by atoms with Crippen LogP contribution < -0.4 is 4.74 Å². The number of hydrogen-bond donors (Lipinski definition) is 0. The average Bonchev–Trinajstić information content (AvgIpc) is 2.92. The molecule has 4 unspecified atom stereocenters. The maximum atomic E-state index is 14.9. The van der Waals surface area contributed by atoms with E-state index in [1.807, 2.05) is 6.08 Å². The SMILES string of the molecule is C=CCCC1CCC(C2CCC(CCc3ccc(-c4ccc(OCC)c(F)c4F)c(F)c3F)CO2)CO1. The highest BCUT2D eigenvalue weighted by atomic mass is 19.2. The van der Waals surface area contributed by atoms with Crippen LogP contribution in [0.1, 0.15) is 57.4 Å². The molecule has 2 aliphatic rings. The van der Waals surface area contributed by atoms with E-state index in [2.05, 4.69) is 6.58 Å². The van der Waals surface area contributed by atoms with Gasteiger partial charge in [-0.1, -0.05) is 18.2 Å². The predicted octanol–water partition coefficient (Wildman–Crippen LogP) is 7.80. The van der Waals surface area contributed by atoms with Crippen LogP contribution in [-0.4, -0.2) is 32.0 Å². The van der Waals surface area contributed by atoms with Crippen molar-refractivity contribution in [3.05, 3.63) is 65.8 Å². The molecule has 0 radical (unpaired) electrons. The predicted molar refractivity (Wildman–Crippen MR) is 136 cm³/mol. The lowest BCUT2D eigenvalue weighted by Gasteiger charge is -2.38. The summed E-state index contributed by atoms with van der Waals surface area (Å²) in [6.07, 6.45) is 9.51. The first kappa shape index (κ1) is 27.6. The summed E-state index contributed by atoms with van der Waals surface area (Å²) in [7, 11) is 0. The fourth-order valence-electron chi connectivity index (χ4n) is 5.43. The summed E-state index contributed by atoms with van der Waals surface area (Å²) in [4.78, 5) is 0. The zero-order valence-electron chi connectivity index (χ0n) is 21.4. The monoisotopic (exact) mass is 520 g/mol. The molecule has 4 rings (SSSR count). The summed E-state index contributed by atoms with van der Waals surface area (Å²) in [5.41, 5.74) is -0.429. The van der Waals surface area contributed by atoms with Crippen LogP contribution in [0.3, 0.4) is 0 Å². The van der Waals surface area contributed by atoms with E-state index in [4.69, 9.17) is 14.2 Å². The second-order valence-electron chi connectivity index (χ2n) is 10.1. The summed E-state index contributed by atoms with van der Waals surface area (Å²) in [5, 5.41) is 0. The molecule has 2 aromatic rings. The molecule has 0 N–H and O–H groups in total. The van der Waals surface area contributed by atoms with Crippen LogP contribution in [0, 0.1) is 35.1 Å². The third-order valence-corrected chi connectivity index (χ3v) is 7.65. The lowest BCUT2D eigenvalue weighted by Crippen LogP contribution is -2.38. The van der Waals surface area contributed by atoms with Gasteiger partial charge in [0.2, 0.25) is 5.82 Å². The first-order chi connectivity index (χ1) is 17.9. The second kappa shape index (κ2) is 12.9. The fourth-order valence-corrected chi connectivity index (χ4v) is 5.43. The van der Waals surface area contributed by atoms with Crippen molar-refractivity contribution < 1.29 is 31.8 Å². The van der Waals surface area contributed by atoms with E-state index in [1.165, 1.54) is 24.3 Å². The Hall–Kier alpha value is -2.38. The molecule has 2 fully saturated rings. The minimum Gasteiger partial charge on any atom is -0.491 e. The van der Waals surface area contributed by atoms with Gasteiger partial charge in [-0.15, -0.1) is 6.58 Å². The highest BCUT2D eigenvalue weighted by Crippen LogP contribution is 2.35. The number of hydrogen-bond acceptors (Lipinski definition) is 3. The molecule has 0 saturated carbocycles. The van der Waals surface area contributed by atoms with Crippen molar-refractivity contribution in [3.63, 3.8) is 0 Å². The lowest BCUT2D eigenvalue weighted by atomic mass is 9.85. The van der Waals surface area contributed by atoms with Gasteiger partial charge in [-0.25, -0.2) is 13.2 Å². The lowest BCUT2D eigenvalue weighted by molar-refractivity contribution is -0.104. The molecule has 0 spiro atoms. The minimum atomic E-state index is -1.26. The first-order valence-corrected chi connectivity index (χ1v) is 13.3. The van der Waals surface area contributed by atoms with Crippen LogP contribution in [-0.2, 0) is 15.9 Å². The highest BCUT2D eigenvalue weighted by Gasteiger charge is 2.32. The number of halogens is 4. The summed E-state index contributed by atoms with van der Waals surface area (Å²) >= 11 is 0. The van der Waals surface area contributed by atoms with Crippen molar-refractivity contribution >= 4 is 0 Å². The van der Waals surface area contributed by atoms with Crippen LogP contribution in [0.25, 0.3) is 11.1 Å². The topological polar surface area (TPSA) is 27.7 Å². The molecule has 3 nitrogen and oxygen atoms in total. The largest absolute Gasteiger partial charge is 0.491 e. The Labute approximate surface area is 216 Å². The molecule has 2 heterocycles. The molecule has 4 atom stereocenters. The molecule has 2 saturated heterocycles. The van der Waals surface area contributed by atoms with Gasteiger partial charge in [0.15, 0.2) is 23.2 Å². The normalized spacial score (nSPS) is 24.1. The van der Waals surface area contributed by atoms with Crippen LogP contribution in [0.15, 0.2) is 36.9 Å². The van der Waals surface area contributed by atoms with Crippen molar-refractivity contribution in [2.45, 2.75) is 70.5 Å². The molecular weight excluding hydrogens is 484 g/mol. The third kappa shape index (κ3) is 6.55. The van der Waals surface area contributed by atoms with Crippen molar-refractivity contribution in [1.82, 2.24) is 0 Å². The van der Waals surface area contributed by atoms with Crippen LogP contribution in [0.5, 0.6) is 5.75 Å². The van der Waals surface area contributed by atoms with Gasteiger partial charge < -0.3 is 14.2 Å². The molecule has 0 aromatic heterocycles. The van der Waals surface area contributed by atoms with Gasteiger partial charge in [0.05, 0.1) is 25.4 Å². The van der Waals surface area contributed by atoms with Gasteiger partial charge in [0.1, 0.15) is 0 Å². The van der Waals surface area contributed by atoms with Crippen molar-refractivity contribution in [1.29, 1.82) is 0 Å². The number of benzene rings is 2. The summed E-state index contributed by atoms with van der Waals surface area (Å²) in [6.45, 7) is 6.90. The molecule has 202 valence electrons. The molecule has 0 amide bonds. The number of rotatable bonds is 10. The molecule has 2 aliphatic heterocycles. The Morgan fingerprint density at radius 3 is 2.27 bits per heavy atom. The van der Waals surface area contributed by atoms with E-state index in [0.29, 0.717) is 31.5 Å². The Morgan fingerprint density at radius 1 is 0.865 bits per heavy atom. The molecule has 37 heavy (non-hydrogen) atoms. The second-order valence-corrected chi connectivity index (χ2v) is 10.1. The summed E-state index contributed by atoms with van der Waals surface area (Å²) in [5.74, 6) is -4.27. The Kier molecular flexibility index (Phi) is 9.65. The standard InChI is InChI=1S/C30H36F4O3/c1-3-5-6-22-12-10-21(18-36-22)25-15-8-19(17-37-25)7-9-20-11-13-23(28(32)27(20)31)24-14-16-26(35-4-2)30(34)29(24)33/h3,11,13-14,16,19,21-22,25H,1,4-10,12,15,17-18H2,2H3.